The van der Waals surface area contributed by atoms with E-state index >= 15 is 0 Å². The van der Waals surface area contributed by atoms with E-state index < -0.39 is 10.2 Å². The Labute approximate surface area is 103 Å². The smallest absolute Gasteiger partial charge is 0.183 e. The Hall–Kier alpha value is -0.440. The molecule has 0 amide bonds. The molecule has 0 aliphatic heterocycles. The topological polar surface area (TPSA) is 26.3 Å². The number of Topliss-reactive ketones (excluding diaryl/α,β-unsaturated/α-hetero) is 1. The number of halogens is 3. The van der Waals surface area contributed by atoms with E-state index in [0.717, 1.165) is 0 Å². The lowest BCUT2D eigenvalue weighted by Gasteiger charge is -2.09. The predicted octanol–water partition coefficient (Wildman–Crippen LogP) is 3.29. The first-order valence-corrected chi connectivity index (χ1v) is 5.47. The van der Waals surface area contributed by atoms with E-state index in [-0.39, 0.29) is 5.78 Å². The van der Waals surface area contributed by atoms with Crippen LogP contribution in [0.2, 0.25) is 0 Å². The summed E-state index contributed by atoms with van der Waals surface area (Å²) in [5.74, 6) is 0.375. The SMILES string of the molecule is COc1ccc(C(=O)C(Cl)C(Cl)Cl)cc1. The molecule has 1 aromatic carbocycles. The van der Waals surface area contributed by atoms with Crippen molar-refractivity contribution in [1.29, 1.82) is 0 Å². The minimum atomic E-state index is -0.929. The van der Waals surface area contributed by atoms with Gasteiger partial charge in [0.2, 0.25) is 0 Å². The van der Waals surface area contributed by atoms with Crippen LogP contribution in [0.3, 0.4) is 0 Å². The van der Waals surface area contributed by atoms with Gasteiger partial charge in [0.15, 0.2) is 5.78 Å². The van der Waals surface area contributed by atoms with Gasteiger partial charge in [-0.2, -0.15) is 0 Å². The minimum absolute atomic E-state index is 0.297. The number of alkyl halides is 3. The molecule has 2 nitrogen and oxygen atoms in total. The first-order valence-electron chi connectivity index (χ1n) is 4.16. The van der Waals surface area contributed by atoms with E-state index in [4.69, 9.17) is 39.5 Å². The number of carbonyl (C=O) groups is 1. The Morgan fingerprint density at radius 1 is 1.20 bits per heavy atom. The summed E-state index contributed by atoms with van der Waals surface area (Å²) in [5.41, 5.74) is 0.460. The Morgan fingerprint density at radius 2 is 1.73 bits per heavy atom. The zero-order chi connectivity index (χ0) is 11.4. The van der Waals surface area contributed by atoms with Gasteiger partial charge in [0.05, 0.1) is 7.11 Å². The van der Waals surface area contributed by atoms with E-state index in [1.807, 2.05) is 0 Å². The molecule has 0 fully saturated rings. The van der Waals surface area contributed by atoms with E-state index in [1.165, 1.54) is 0 Å². The van der Waals surface area contributed by atoms with Crippen molar-refractivity contribution in [3.63, 3.8) is 0 Å². The van der Waals surface area contributed by atoms with Crippen LogP contribution in [0, 0.1) is 0 Å². The molecule has 1 rings (SSSR count). The summed E-state index contributed by atoms with van der Waals surface area (Å²) >= 11 is 16.8. The molecular formula is C10H9Cl3O2. The molecule has 0 radical (unpaired) electrons. The summed E-state index contributed by atoms with van der Waals surface area (Å²) in [5, 5.41) is -0.929. The zero-order valence-corrected chi connectivity index (χ0v) is 10.2. The van der Waals surface area contributed by atoms with Gasteiger partial charge in [-0.05, 0) is 24.3 Å². The Balaban J connectivity index is 2.83. The van der Waals surface area contributed by atoms with Gasteiger partial charge in [-0.15, -0.1) is 34.8 Å². The lowest BCUT2D eigenvalue weighted by Crippen LogP contribution is -2.21. The monoisotopic (exact) mass is 266 g/mol. The van der Waals surface area contributed by atoms with Crippen LogP contribution >= 0.6 is 34.8 Å². The molecule has 15 heavy (non-hydrogen) atoms. The average molecular weight is 268 g/mol. The first-order chi connectivity index (χ1) is 7.06. The van der Waals surface area contributed by atoms with Gasteiger partial charge in [0, 0.05) is 5.56 Å². The number of ketones is 1. The maximum atomic E-state index is 11.6. The van der Waals surface area contributed by atoms with Gasteiger partial charge < -0.3 is 4.74 Å². The van der Waals surface area contributed by atoms with E-state index in [2.05, 4.69) is 0 Å². The van der Waals surface area contributed by atoms with Crippen LogP contribution in [0.5, 0.6) is 5.75 Å². The fraction of sp³-hybridized carbons (Fsp3) is 0.300. The van der Waals surface area contributed by atoms with Crippen molar-refractivity contribution in [2.24, 2.45) is 0 Å². The van der Waals surface area contributed by atoms with Crippen molar-refractivity contribution in [2.45, 2.75) is 10.2 Å². The Kier molecular flexibility index (Phi) is 4.71. The first kappa shape index (κ1) is 12.6. The summed E-state index contributed by atoms with van der Waals surface area (Å²) in [7, 11) is 1.55. The average Bonchev–Trinajstić information content (AvgIpc) is 2.27. The van der Waals surface area contributed by atoms with Crippen molar-refractivity contribution in [2.75, 3.05) is 7.11 Å². The third-order valence-electron chi connectivity index (χ3n) is 1.85. The highest BCUT2D eigenvalue weighted by Gasteiger charge is 2.23. The summed E-state index contributed by atoms with van der Waals surface area (Å²) in [6.07, 6.45) is 0. The standard InChI is InChI=1S/C10H9Cl3O2/c1-15-7-4-2-6(3-5-7)9(14)8(11)10(12)13/h2-5,8,10H,1H3. The zero-order valence-electron chi connectivity index (χ0n) is 7.91. The molecule has 1 unspecified atom stereocenters. The number of rotatable bonds is 4. The normalized spacial score (nSPS) is 12.6. The van der Waals surface area contributed by atoms with Crippen LogP contribution in [-0.2, 0) is 0 Å². The Bertz CT molecular complexity index is 335. The molecule has 0 saturated heterocycles. The quantitative estimate of drug-likeness (QED) is 0.618. The lowest BCUT2D eigenvalue weighted by molar-refractivity contribution is 0.0990. The van der Waals surface area contributed by atoms with Crippen LogP contribution in [-0.4, -0.2) is 23.1 Å². The van der Waals surface area contributed by atoms with Crippen LogP contribution in [0.15, 0.2) is 24.3 Å². The molecule has 0 spiro atoms. The van der Waals surface area contributed by atoms with Crippen molar-refractivity contribution in [3.05, 3.63) is 29.8 Å². The van der Waals surface area contributed by atoms with Gasteiger partial charge in [-0.1, -0.05) is 0 Å². The molecule has 1 atom stereocenters. The maximum absolute atomic E-state index is 11.6. The molecule has 1 aromatic rings. The number of carbonyl (C=O) groups excluding carboxylic acids is 1. The molecule has 0 heterocycles. The molecule has 0 aromatic heterocycles. The highest BCUT2D eigenvalue weighted by Crippen LogP contribution is 2.20. The van der Waals surface area contributed by atoms with Gasteiger partial charge in [-0.25, -0.2) is 0 Å². The lowest BCUT2D eigenvalue weighted by atomic mass is 10.1. The number of methoxy groups -OCH3 is 1. The molecule has 5 heteroatoms. The highest BCUT2D eigenvalue weighted by atomic mass is 35.5. The number of hydrogen-bond acceptors (Lipinski definition) is 2. The minimum Gasteiger partial charge on any atom is -0.497 e. The highest BCUT2D eigenvalue weighted by molar-refractivity contribution is 6.52. The molecule has 0 N–H and O–H groups in total. The number of hydrogen-bond donors (Lipinski definition) is 0. The van der Waals surface area contributed by atoms with Crippen LogP contribution in [0.25, 0.3) is 0 Å². The fourth-order valence-corrected chi connectivity index (χ4v) is 1.38. The maximum Gasteiger partial charge on any atom is 0.183 e. The van der Waals surface area contributed by atoms with Crippen LogP contribution < -0.4 is 4.74 Å². The molecule has 0 aliphatic carbocycles. The van der Waals surface area contributed by atoms with E-state index in [1.54, 1.807) is 31.4 Å². The molecule has 0 saturated carbocycles. The second-order valence-electron chi connectivity index (χ2n) is 2.83. The summed E-state index contributed by atoms with van der Waals surface area (Å²) in [4.78, 5) is 10.7. The van der Waals surface area contributed by atoms with E-state index in [9.17, 15) is 4.79 Å². The molecule has 0 bridgehead atoms. The van der Waals surface area contributed by atoms with Crippen LogP contribution in [0.4, 0.5) is 0 Å². The second-order valence-corrected chi connectivity index (χ2v) is 4.46. The molecular weight excluding hydrogens is 258 g/mol. The van der Waals surface area contributed by atoms with Crippen molar-refractivity contribution < 1.29 is 9.53 Å². The Morgan fingerprint density at radius 3 is 2.13 bits per heavy atom. The summed E-state index contributed by atoms with van der Waals surface area (Å²) in [6.45, 7) is 0. The van der Waals surface area contributed by atoms with Crippen molar-refractivity contribution in [3.8, 4) is 5.75 Å². The van der Waals surface area contributed by atoms with Crippen molar-refractivity contribution >= 4 is 40.6 Å². The fourth-order valence-electron chi connectivity index (χ4n) is 1.03. The third kappa shape index (κ3) is 3.26. The van der Waals surface area contributed by atoms with Crippen molar-refractivity contribution in [1.82, 2.24) is 0 Å². The number of benzene rings is 1. The van der Waals surface area contributed by atoms with E-state index in [0.29, 0.717) is 11.3 Å². The predicted molar refractivity (Wildman–Crippen MR) is 62.5 cm³/mol. The van der Waals surface area contributed by atoms with Gasteiger partial charge in [0.1, 0.15) is 16.0 Å². The number of ether oxygens (including phenoxy) is 1. The second kappa shape index (κ2) is 5.59. The summed E-state index contributed by atoms with van der Waals surface area (Å²) < 4.78 is 4.96. The largest absolute Gasteiger partial charge is 0.497 e. The van der Waals surface area contributed by atoms with Gasteiger partial charge >= 0.3 is 0 Å². The molecule has 82 valence electrons. The van der Waals surface area contributed by atoms with Crippen LogP contribution in [0.1, 0.15) is 10.4 Å². The third-order valence-corrected chi connectivity index (χ3v) is 3.06. The van der Waals surface area contributed by atoms with Gasteiger partial charge in [0.25, 0.3) is 0 Å². The molecule has 0 aliphatic rings. The summed E-state index contributed by atoms with van der Waals surface area (Å²) in [6, 6.07) is 6.59. The van der Waals surface area contributed by atoms with Gasteiger partial charge in [-0.3, -0.25) is 4.79 Å².